The molecule has 4 heteroatoms. The molecule has 84 valence electrons. The number of benzene rings is 1. The van der Waals surface area contributed by atoms with Crippen LogP contribution < -0.4 is 5.73 Å². The number of aryl methyl sites for hydroxylation is 1. The van der Waals surface area contributed by atoms with Crippen LogP contribution in [-0.4, -0.2) is 24.9 Å². The maximum atomic E-state index is 11.9. The minimum absolute atomic E-state index is 0.0312. The second kappa shape index (κ2) is 3.79. The molecule has 0 spiro atoms. The Balaban J connectivity index is 2.64. The predicted molar refractivity (Wildman–Crippen MR) is 69.0 cm³/mol. The largest absolute Gasteiger partial charge is 0.397 e. The number of nitrogens with zero attached hydrogens (tertiary/aromatic N) is 1. The van der Waals surface area contributed by atoms with Crippen LogP contribution in [0.25, 0.3) is 10.1 Å². The number of thiophene rings is 1. The van der Waals surface area contributed by atoms with E-state index in [1.807, 2.05) is 19.1 Å². The summed E-state index contributed by atoms with van der Waals surface area (Å²) in [5.74, 6) is -0.0312. The van der Waals surface area contributed by atoms with Crippen molar-refractivity contribution in [1.29, 1.82) is 0 Å². The van der Waals surface area contributed by atoms with Crippen molar-refractivity contribution >= 4 is 33.0 Å². The number of nitrogens with two attached hydrogens (primary N) is 1. The van der Waals surface area contributed by atoms with Crippen LogP contribution in [0.5, 0.6) is 0 Å². The minimum Gasteiger partial charge on any atom is -0.397 e. The lowest BCUT2D eigenvalue weighted by Gasteiger charge is -2.08. The van der Waals surface area contributed by atoms with E-state index in [0.29, 0.717) is 10.6 Å². The summed E-state index contributed by atoms with van der Waals surface area (Å²) in [6.07, 6.45) is 0. The molecule has 0 fully saturated rings. The molecular formula is C12H14N2OS. The van der Waals surface area contributed by atoms with E-state index in [2.05, 4.69) is 6.07 Å². The third-order valence-electron chi connectivity index (χ3n) is 2.48. The van der Waals surface area contributed by atoms with Gasteiger partial charge in [-0.05, 0) is 18.6 Å². The molecule has 0 aliphatic carbocycles. The van der Waals surface area contributed by atoms with Gasteiger partial charge < -0.3 is 10.6 Å². The molecule has 0 saturated carbocycles. The highest BCUT2D eigenvalue weighted by molar-refractivity contribution is 7.21. The normalized spacial score (nSPS) is 10.7. The highest BCUT2D eigenvalue weighted by atomic mass is 32.1. The van der Waals surface area contributed by atoms with Crippen LogP contribution in [0.1, 0.15) is 15.2 Å². The Morgan fingerprint density at radius 1 is 1.38 bits per heavy atom. The van der Waals surface area contributed by atoms with Gasteiger partial charge in [0.05, 0.1) is 5.69 Å². The molecular weight excluding hydrogens is 220 g/mol. The lowest BCUT2D eigenvalue weighted by Crippen LogP contribution is -2.21. The van der Waals surface area contributed by atoms with Crippen molar-refractivity contribution in [3.8, 4) is 0 Å². The Hall–Kier alpha value is -1.55. The number of anilines is 1. The maximum absolute atomic E-state index is 11.9. The monoisotopic (exact) mass is 234 g/mol. The number of hydrogen-bond donors (Lipinski definition) is 1. The van der Waals surface area contributed by atoms with Crippen LogP contribution in [0.3, 0.4) is 0 Å². The van der Waals surface area contributed by atoms with E-state index in [1.54, 1.807) is 19.0 Å². The van der Waals surface area contributed by atoms with Crippen molar-refractivity contribution in [2.45, 2.75) is 6.92 Å². The van der Waals surface area contributed by atoms with E-state index in [4.69, 9.17) is 5.73 Å². The van der Waals surface area contributed by atoms with Gasteiger partial charge in [0.15, 0.2) is 0 Å². The van der Waals surface area contributed by atoms with E-state index < -0.39 is 0 Å². The Morgan fingerprint density at radius 3 is 2.69 bits per heavy atom. The van der Waals surface area contributed by atoms with Gasteiger partial charge in [0, 0.05) is 24.2 Å². The fourth-order valence-corrected chi connectivity index (χ4v) is 2.83. The van der Waals surface area contributed by atoms with Crippen molar-refractivity contribution < 1.29 is 4.79 Å². The van der Waals surface area contributed by atoms with E-state index in [9.17, 15) is 4.79 Å². The van der Waals surface area contributed by atoms with Crippen LogP contribution in [0.15, 0.2) is 18.2 Å². The quantitative estimate of drug-likeness (QED) is 0.824. The first-order chi connectivity index (χ1) is 7.50. The number of amides is 1. The Labute approximate surface area is 98.5 Å². The van der Waals surface area contributed by atoms with Crippen molar-refractivity contribution in [2.75, 3.05) is 19.8 Å². The third kappa shape index (κ3) is 1.65. The van der Waals surface area contributed by atoms with Gasteiger partial charge in [0.1, 0.15) is 4.88 Å². The Kier molecular flexibility index (Phi) is 2.59. The summed E-state index contributed by atoms with van der Waals surface area (Å²) < 4.78 is 1.07. The number of fused-ring (bicyclic) bond motifs is 1. The van der Waals surface area contributed by atoms with Gasteiger partial charge in [0.25, 0.3) is 5.91 Å². The van der Waals surface area contributed by atoms with E-state index >= 15 is 0 Å². The summed E-state index contributed by atoms with van der Waals surface area (Å²) in [7, 11) is 3.47. The summed E-state index contributed by atoms with van der Waals surface area (Å²) in [5, 5.41) is 0.973. The van der Waals surface area contributed by atoms with E-state index in [-0.39, 0.29) is 5.91 Å². The molecule has 1 aromatic carbocycles. The fraction of sp³-hybridized carbons (Fsp3) is 0.250. The Bertz CT molecular complexity index is 557. The zero-order valence-electron chi connectivity index (χ0n) is 9.57. The highest BCUT2D eigenvalue weighted by Crippen LogP contribution is 2.34. The van der Waals surface area contributed by atoms with Gasteiger partial charge in [0.2, 0.25) is 0 Å². The summed E-state index contributed by atoms with van der Waals surface area (Å²) in [5.41, 5.74) is 7.77. The summed E-state index contributed by atoms with van der Waals surface area (Å²) >= 11 is 1.46. The van der Waals surface area contributed by atoms with Crippen molar-refractivity contribution in [1.82, 2.24) is 4.90 Å². The zero-order chi connectivity index (χ0) is 11.9. The molecule has 2 N–H and O–H groups in total. The topological polar surface area (TPSA) is 46.3 Å². The van der Waals surface area contributed by atoms with Crippen molar-refractivity contribution in [3.05, 3.63) is 28.6 Å². The first-order valence-electron chi connectivity index (χ1n) is 5.01. The number of hydrogen-bond acceptors (Lipinski definition) is 3. The van der Waals surface area contributed by atoms with Gasteiger partial charge in [-0.1, -0.05) is 12.1 Å². The summed E-state index contributed by atoms with van der Waals surface area (Å²) in [6.45, 7) is 2.03. The van der Waals surface area contributed by atoms with E-state index in [0.717, 1.165) is 10.1 Å². The molecule has 0 aliphatic rings. The van der Waals surface area contributed by atoms with Crippen LogP contribution in [-0.2, 0) is 0 Å². The molecule has 16 heavy (non-hydrogen) atoms. The molecule has 1 heterocycles. The molecule has 0 unspecified atom stereocenters. The molecule has 0 bridgehead atoms. The molecule has 2 rings (SSSR count). The lowest BCUT2D eigenvalue weighted by atomic mass is 10.1. The summed E-state index contributed by atoms with van der Waals surface area (Å²) in [4.78, 5) is 14.1. The maximum Gasteiger partial charge on any atom is 0.265 e. The minimum atomic E-state index is -0.0312. The van der Waals surface area contributed by atoms with Crippen molar-refractivity contribution in [3.63, 3.8) is 0 Å². The van der Waals surface area contributed by atoms with Gasteiger partial charge >= 0.3 is 0 Å². The molecule has 1 amide bonds. The molecule has 0 saturated heterocycles. The molecule has 0 aliphatic heterocycles. The molecule has 3 nitrogen and oxygen atoms in total. The smallest absolute Gasteiger partial charge is 0.265 e. The van der Waals surface area contributed by atoms with Crippen LogP contribution in [0, 0.1) is 6.92 Å². The van der Waals surface area contributed by atoms with Crippen molar-refractivity contribution in [2.24, 2.45) is 0 Å². The standard InChI is InChI=1S/C12H14N2OS/c1-7-4-5-8-9(6-7)16-11(10(8)13)12(15)14(2)3/h4-6H,13H2,1-3H3. The number of carbonyl (C=O) groups excluding carboxylic acids is 1. The van der Waals surface area contributed by atoms with Crippen LogP contribution in [0.2, 0.25) is 0 Å². The number of rotatable bonds is 1. The fourth-order valence-electron chi connectivity index (χ4n) is 1.59. The second-order valence-corrected chi connectivity index (χ2v) is 5.10. The molecule has 1 aromatic heterocycles. The highest BCUT2D eigenvalue weighted by Gasteiger charge is 2.17. The molecule has 2 aromatic rings. The number of carbonyl (C=O) groups is 1. The SMILES string of the molecule is Cc1ccc2c(N)c(C(=O)N(C)C)sc2c1. The first-order valence-corrected chi connectivity index (χ1v) is 5.82. The van der Waals surface area contributed by atoms with E-state index in [1.165, 1.54) is 16.9 Å². The predicted octanol–water partition coefficient (Wildman–Crippen LogP) is 2.49. The summed E-state index contributed by atoms with van der Waals surface area (Å²) in [6, 6.07) is 6.04. The molecule has 0 atom stereocenters. The third-order valence-corrected chi connectivity index (χ3v) is 3.64. The van der Waals surface area contributed by atoms with Gasteiger partial charge in [-0.2, -0.15) is 0 Å². The van der Waals surface area contributed by atoms with Gasteiger partial charge in [-0.15, -0.1) is 11.3 Å². The van der Waals surface area contributed by atoms with Gasteiger partial charge in [-0.25, -0.2) is 0 Å². The Morgan fingerprint density at radius 2 is 2.06 bits per heavy atom. The van der Waals surface area contributed by atoms with Crippen LogP contribution in [0.4, 0.5) is 5.69 Å². The second-order valence-electron chi connectivity index (χ2n) is 4.04. The average Bonchev–Trinajstić information content (AvgIpc) is 2.54. The van der Waals surface area contributed by atoms with Gasteiger partial charge in [-0.3, -0.25) is 4.79 Å². The zero-order valence-corrected chi connectivity index (χ0v) is 10.4. The first kappa shape index (κ1) is 11.0. The lowest BCUT2D eigenvalue weighted by molar-refractivity contribution is 0.0833. The number of nitrogen functional groups attached to an aromatic ring is 1. The average molecular weight is 234 g/mol. The molecule has 0 radical (unpaired) electrons. The van der Waals surface area contributed by atoms with Crippen LogP contribution >= 0.6 is 11.3 Å².